The smallest absolute Gasteiger partial charge is 0.374 e. The van der Waals surface area contributed by atoms with E-state index in [0.29, 0.717) is 17.9 Å². The second-order valence-electron chi connectivity index (χ2n) is 5.61. The second kappa shape index (κ2) is 6.85. The average Bonchev–Trinajstić information content (AvgIpc) is 2.93. The molecule has 1 atom stereocenters. The first-order valence-electron chi connectivity index (χ1n) is 7.22. The predicted molar refractivity (Wildman–Crippen MR) is 84.2 cm³/mol. The van der Waals surface area contributed by atoms with Gasteiger partial charge < -0.3 is 19.4 Å². The highest BCUT2D eigenvalue weighted by Crippen LogP contribution is 2.25. The maximum atomic E-state index is 11.6. The third-order valence-corrected chi connectivity index (χ3v) is 3.79. The molecular formula is C17H21NO5. The van der Waals surface area contributed by atoms with Crippen molar-refractivity contribution in [2.24, 2.45) is 0 Å². The van der Waals surface area contributed by atoms with Gasteiger partial charge in [-0.2, -0.15) is 0 Å². The zero-order valence-electron chi connectivity index (χ0n) is 13.4. The second-order valence-corrected chi connectivity index (χ2v) is 5.61. The van der Waals surface area contributed by atoms with E-state index in [9.17, 15) is 15.0 Å². The standard InChI is InChI=1S/C17H21NO5/c1-11-7-14(23-15(11)16(21)22-3)9-18-17(2,10-19)12-5-4-6-13(20)8-12/h4-8,18-20H,9-10H2,1-3H3/t17-/m0/s1. The van der Waals surface area contributed by atoms with E-state index in [4.69, 9.17) is 4.42 Å². The van der Waals surface area contributed by atoms with E-state index in [2.05, 4.69) is 10.1 Å². The van der Waals surface area contributed by atoms with Gasteiger partial charge in [0.15, 0.2) is 0 Å². The van der Waals surface area contributed by atoms with Crippen molar-refractivity contribution < 1.29 is 24.2 Å². The van der Waals surface area contributed by atoms with Crippen LogP contribution in [0.15, 0.2) is 34.7 Å². The lowest BCUT2D eigenvalue weighted by Gasteiger charge is -2.29. The Kier molecular flexibility index (Phi) is 5.08. The molecule has 1 aromatic heterocycles. The highest BCUT2D eigenvalue weighted by Gasteiger charge is 2.26. The van der Waals surface area contributed by atoms with Crippen LogP contribution in [0.3, 0.4) is 0 Å². The first-order chi connectivity index (χ1) is 10.9. The molecule has 0 amide bonds. The van der Waals surface area contributed by atoms with E-state index in [1.54, 1.807) is 31.2 Å². The molecule has 1 heterocycles. The lowest BCUT2D eigenvalue weighted by atomic mass is 9.92. The molecule has 6 nitrogen and oxygen atoms in total. The van der Waals surface area contributed by atoms with Gasteiger partial charge in [0.2, 0.25) is 5.76 Å². The summed E-state index contributed by atoms with van der Waals surface area (Å²) in [6.07, 6.45) is 0. The lowest BCUT2D eigenvalue weighted by molar-refractivity contribution is 0.0561. The van der Waals surface area contributed by atoms with E-state index >= 15 is 0 Å². The van der Waals surface area contributed by atoms with Crippen LogP contribution in [0.2, 0.25) is 0 Å². The average molecular weight is 319 g/mol. The number of aliphatic hydroxyl groups is 1. The fourth-order valence-electron chi connectivity index (χ4n) is 2.31. The molecule has 6 heteroatoms. The van der Waals surface area contributed by atoms with E-state index in [0.717, 1.165) is 5.56 Å². The highest BCUT2D eigenvalue weighted by molar-refractivity contribution is 5.87. The summed E-state index contributed by atoms with van der Waals surface area (Å²) in [6.45, 7) is 3.73. The first kappa shape index (κ1) is 17.1. The topological polar surface area (TPSA) is 91.9 Å². The summed E-state index contributed by atoms with van der Waals surface area (Å²) >= 11 is 0. The van der Waals surface area contributed by atoms with E-state index in [1.807, 2.05) is 13.0 Å². The van der Waals surface area contributed by atoms with Gasteiger partial charge in [0.1, 0.15) is 11.5 Å². The maximum Gasteiger partial charge on any atom is 0.374 e. The van der Waals surface area contributed by atoms with Crippen molar-refractivity contribution in [1.29, 1.82) is 0 Å². The van der Waals surface area contributed by atoms with E-state index in [-0.39, 0.29) is 18.1 Å². The number of furan rings is 1. The summed E-state index contributed by atoms with van der Waals surface area (Å²) in [4.78, 5) is 11.6. The predicted octanol–water partition coefficient (Wildman–Crippen LogP) is 2.08. The minimum Gasteiger partial charge on any atom is -0.508 e. The molecule has 0 saturated carbocycles. The maximum absolute atomic E-state index is 11.6. The fourth-order valence-corrected chi connectivity index (χ4v) is 2.31. The minimum absolute atomic E-state index is 0.130. The van der Waals surface area contributed by atoms with Gasteiger partial charge in [-0.1, -0.05) is 12.1 Å². The number of carbonyl (C=O) groups excluding carboxylic acids is 1. The Balaban J connectivity index is 2.16. The van der Waals surface area contributed by atoms with Crippen molar-refractivity contribution in [3.63, 3.8) is 0 Å². The van der Waals surface area contributed by atoms with E-state index < -0.39 is 11.5 Å². The Hall–Kier alpha value is -2.31. The SMILES string of the molecule is COC(=O)c1oc(CN[C@@](C)(CO)c2cccc(O)c2)cc1C. The molecule has 0 radical (unpaired) electrons. The molecule has 0 saturated heterocycles. The normalized spacial score (nSPS) is 13.6. The molecule has 2 rings (SSSR count). The molecular weight excluding hydrogens is 298 g/mol. The van der Waals surface area contributed by atoms with Crippen molar-refractivity contribution in [2.75, 3.05) is 13.7 Å². The number of methoxy groups -OCH3 is 1. The molecule has 1 aromatic carbocycles. The van der Waals surface area contributed by atoms with Crippen LogP contribution in [-0.4, -0.2) is 29.9 Å². The van der Waals surface area contributed by atoms with Gasteiger partial charge in [0.05, 0.1) is 25.8 Å². The summed E-state index contributed by atoms with van der Waals surface area (Å²) in [5.74, 6) is 0.340. The third-order valence-electron chi connectivity index (χ3n) is 3.79. The van der Waals surface area contributed by atoms with Gasteiger partial charge in [-0.25, -0.2) is 4.79 Å². The zero-order valence-corrected chi connectivity index (χ0v) is 13.4. The number of aromatic hydroxyl groups is 1. The number of aryl methyl sites for hydroxylation is 1. The summed E-state index contributed by atoms with van der Waals surface area (Å²) in [7, 11) is 1.30. The highest BCUT2D eigenvalue weighted by atomic mass is 16.5. The molecule has 0 aliphatic carbocycles. The van der Waals surface area contributed by atoms with Crippen LogP contribution in [0.25, 0.3) is 0 Å². The van der Waals surface area contributed by atoms with Crippen LogP contribution in [-0.2, 0) is 16.8 Å². The monoisotopic (exact) mass is 319 g/mol. The number of phenols is 1. The Morgan fingerprint density at radius 2 is 2.13 bits per heavy atom. The molecule has 0 aliphatic rings. The van der Waals surface area contributed by atoms with Crippen molar-refractivity contribution in [3.05, 3.63) is 53.0 Å². The molecule has 0 unspecified atom stereocenters. The number of carbonyl (C=O) groups is 1. The van der Waals surface area contributed by atoms with Gasteiger partial charge >= 0.3 is 5.97 Å². The van der Waals surface area contributed by atoms with Crippen LogP contribution in [0, 0.1) is 6.92 Å². The number of hydrogen-bond donors (Lipinski definition) is 3. The number of benzene rings is 1. The number of esters is 1. The molecule has 23 heavy (non-hydrogen) atoms. The quantitative estimate of drug-likeness (QED) is 0.706. The number of nitrogens with one attached hydrogen (secondary N) is 1. The van der Waals surface area contributed by atoms with Crippen LogP contribution in [0.1, 0.15) is 34.4 Å². The number of ether oxygens (including phenoxy) is 1. The minimum atomic E-state index is -0.759. The summed E-state index contributed by atoms with van der Waals surface area (Å²) in [6, 6.07) is 8.44. The van der Waals surface area contributed by atoms with Crippen LogP contribution >= 0.6 is 0 Å². The first-order valence-corrected chi connectivity index (χ1v) is 7.22. The van der Waals surface area contributed by atoms with Crippen LogP contribution in [0.5, 0.6) is 5.75 Å². The number of hydrogen-bond acceptors (Lipinski definition) is 6. The Morgan fingerprint density at radius 3 is 2.74 bits per heavy atom. The van der Waals surface area contributed by atoms with Crippen molar-refractivity contribution in [3.8, 4) is 5.75 Å². The van der Waals surface area contributed by atoms with Crippen molar-refractivity contribution in [1.82, 2.24) is 5.32 Å². The summed E-state index contributed by atoms with van der Waals surface area (Å²) < 4.78 is 10.2. The van der Waals surface area contributed by atoms with Gasteiger partial charge in [0, 0.05) is 5.56 Å². The number of phenolic OH excluding ortho intramolecular Hbond substituents is 1. The Morgan fingerprint density at radius 1 is 1.39 bits per heavy atom. The molecule has 0 bridgehead atoms. The molecule has 0 aliphatic heterocycles. The van der Waals surface area contributed by atoms with Crippen molar-refractivity contribution in [2.45, 2.75) is 25.9 Å². The third kappa shape index (κ3) is 3.72. The summed E-state index contributed by atoms with van der Waals surface area (Å²) in [5.41, 5.74) is 0.679. The van der Waals surface area contributed by atoms with Gasteiger partial charge in [-0.05, 0) is 37.6 Å². The Bertz CT molecular complexity index is 694. The largest absolute Gasteiger partial charge is 0.508 e. The van der Waals surface area contributed by atoms with Crippen LogP contribution < -0.4 is 5.32 Å². The zero-order chi connectivity index (χ0) is 17.0. The molecule has 2 aromatic rings. The van der Waals surface area contributed by atoms with Gasteiger partial charge in [0.25, 0.3) is 0 Å². The molecule has 0 spiro atoms. The fraction of sp³-hybridized carbons (Fsp3) is 0.353. The number of aliphatic hydroxyl groups excluding tert-OH is 1. The molecule has 124 valence electrons. The Labute approximate surface area is 134 Å². The molecule has 0 fully saturated rings. The van der Waals surface area contributed by atoms with Crippen molar-refractivity contribution >= 4 is 5.97 Å². The van der Waals surface area contributed by atoms with Gasteiger partial charge in [-0.15, -0.1) is 0 Å². The lowest BCUT2D eigenvalue weighted by Crippen LogP contribution is -2.42. The molecule has 3 N–H and O–H groups in total. The summed E-state index contributed by atoms with van der Waals surface area (Å²) in [5, 5.41) is 22.5. The van der Waals surface area contributed by atoms with E-state index in [1.165, 1.54) is 7.11 Å². The van der Waals surface area contributed by atoms with Gasteiger partial charge in [-0.3, -0.25) is 5.32 Å². The van der Waals surface area contributed by atoms with Crippen LogP contribution in [0.4, 0.5) is 0 Å². The number of rotatable bonds is 6.